The molecule has 116 valence electrons. The number of benzene rings is 1. The van der Waals surface area contributed by atoms with Gasteiger partial charge in [-0.05, 0) is 44.2 Å². The minimum atomic E-state index is 0.00724. The molecule has 22 heavy (non-hydrogen) atoms. The highest BCUT2D eigenvalue weighted by Crippen LogP contribution is 2.22. The summed E-state index contributed by atoms with van der Waals surface area (Å²) >= 11 is 1.49. The van der Waals surface area contributed by atoms with E-state index in [0.29, 0.717) is 11.2 Å². The molecule has 1 aromatic heterocycles. The molecular formula is C17H20N2O2S. The van der Waals surface area contributed by atoms with Crippen LogP contribution in [-0.2, 0) is 0 Å². The van der Waals surface area contributed by atoms with Gasteiger partial charge in [0.2, 0.25) is 5.91 Å². The Hall–Kier alpha value is -2.01. The number of hydrogen-bond donors (Lipinski definition) is 0. The molecule has 0 aliphatic rings. The van der Waals surface area contributed by atoms with E-state index in [-0.39, 0.29) is 11.9 Å². The maximum atomic E-state index is 12.4. The van der Waals surface area contributed by atoms with E-state index < -0.39 is 0 Å². The fourth-order valence-corrected chi connectivity index (χ4v) is 2.72. The number of ether oxygens (including phenoxy) is 1. The van der Waals surface area contributed by atoms with Gasteiger partial charge in [0.05, 0.1) is 12.9 Å². The van der Waals surface area contributed by atoms with Gasteiger partial charge in [0, 0.05) is 17.1 Å². The number of pyridine rings is 1. The van der Waals surface area contributed by atoms with Crippen molar-refractivity contribution >= 4 is 17.7 Å². The number of aromatic nitrogens is 1. The summed E-state index contributed by atoms with van der Waals surface area (Å²) in [4.78, 5) is 17.9. The molecule has 0 N–H and O–H groups in total. The van der Waals surface area contributed by atoms with Gasteiger partial charge in [0.25, 0.3) is 0 Å². The molecule has 4 nitrogen and oxygen atoms in total. The van der Waals surface area contributed by atoms with E-state index in [1.165, 1.54) is 11.8 Å². The first-order valence-corrected chi connectivity index (χ1v) is 8.10. The predicted octanol–water partition coefficient (Wildman–Crippen LogP) is 3.24. The van der Waals surface area contributed by atoms with Gasteiger partial charge in [-0.3, -0.25) is 14.4 Å². The maximum Gasteiger partial charge on any atom is 0.242 e. The molecule has 0 bridgehead atoms. The summed E-state index contributed by atoms with van der Waals surface area (Å²) in [7, 11) is 1.63. The Bertz CT molecular complexity index is 708. The lowest BCUT2D eigenvalue weighted by molar-refractivity contribution is 0.0936. The average Bonchev–Trinajstić information content (AvgIpc) is 2.53. The molecule has 0 saturated carbocycles. The van der Waals surface area contributed by atoms with Gasteiger partial charge < -0.3 is 4.74 Å². The smallest absolute Gasteiger partial charge is 0.242 e. The monoisotopic (exact) mass is 316 g/mol. The summed E-state index contributed by atoms with van der Waals surface area (Å²) in [6, 6.07) is 13.4. The van der Waals surface area contributed by atoms with Gasteiger partial charge in [0.1, 0.15) is 11.2 Å². The summed E-state index contributed by atoms with van der Waals surface area (Å²) in [5.41, 5.74) is 0.689. The number of methoxy groups -OCH3 is 1. The van der Waals surface area contributed by atoms with Crippen LogP contribution in [0.3, 0.4) is 0 Å². The molecule has 0 fully saturated rings. The normalized spacial score (nSPS) is 11.7. The van der Waals surface area contributed by atoms with Crippen LogP contribution in [-0.4, -0.2) is 29.4 Å². The molecule has 0 radical (unpaired) electrons. The highest BCUT2D eigenvalue weighted by Gasteiger charge is 2.07. The van der Waals surface area contributed by atoms with Crippen LogP contribution in [0.4, 0.5) is 0 Å². The van der Waals surface area contributed by atoms with Crippen LogP contribution < -0.4 is 10.2 Å². The molecular weight excluding hydrogens is 296 g/mol. The second-order valence-corrected chi connectivity index (χ2v) is 6.06. The maximum absolute atomic E-state index is 12.4. The van der Waals surface area contributed by atoms with Crippen LogP contribution in [0, 0.1) is 0 Å². The fourth-order valence-electron chi connectivity index (χ4n) is 1.92. The number of carbonyl (C=O) groups excluding carboxylic acids is 1. The molecule has 2 rings (SSSR count). The van der Waals surface area contributed by atoms with Crippen LogP contribution in [0.15, 0.2) is 58.5 Å². The van der Waals surface area contributed by atoms with Gasteiger partial charge in [-0.1, -0.05) is 12.1 Å². The fraction of sp³-hybridized carbons (Fsp3) is 0.294. The van der Waals surface area contributed by atoms with Crippen molar-refractivity contribution in [2.24, 2.45) is 4.99 Å². The zero-order chi connectivity index (χ0) is 15.9. The van der Waals surface area contributed by atoms with Crippen LogP contribution in [0.1, 0.15) is 18.6 Å². The Morgan fingerprint density at radius 1 is 1.27 bits per heavy atom. The Morgan fingerprint density at radius 3 is 2.82 bits per heavy atom. The van der Waals surface area contributed by atoms with Gasteiger partial charge in [-0.15, -0.1) is 11.8 Å². The number of thioether (sulfide) groups is 1. The van der Waals surface area contributed by atoms with Gasteiger partial charge in [-0.25, -0.2) is 0 Å². The zero-order valence-corrected chi connectivity index (χ0v) is 13.8. The van der Waals surface area contributed by atoms with Gasteiger partial charge in [-0.2, -0.15) is 0 Å². The highest BCUT2D eigenvalue weighted by atomic mass is 32.2. The number of carbonyl (C=O) groups is 1. The van der Waals surface area contributed by atoms with Crippen molar-refractivity contribution in [3.05, 3.63) is 54.1 Å². The van der Waals surface area contributed by atoms with Crippen LogP contribution in [0.5, 0.6) is 5.75 Å². The Labute approximate surface area is 134 Å². The predicted molar refractivity (Wildman–Crippen MR) is 89.5 cm³/mol. The molecule has 0 aliphatic heterocycles. The largest absolute Gasteiger partial charge is 0.497 e. The van der Waals surface area contributed by atoms with Crippen LogP contribution in [0.2, 0.25) is 0 Å². The van der Waals surface area contributed by atoms with Gasteiger partial charge >= 0.3 is 0 Å². The highest BCUT2D eigenvalue weighted by molar-refractivity contribution is 8.00. The molecule has 0 amide bonds. The van der Waals surface area contributed by atoms with Crippen molar-refractivity contribution in [2.45, 2.75) is 24.8 Å². The summed E-state index contributed by atoms with van der Waals surface area (Å²) < 4.78 is 6.80. The first-order chi connectivity index (χ1) is 10.6. The summed E-state index contributed by atoms with van der Waals surface area (Å²) in [5.74, 6) is 1.15. The van der Waals surface area contributed by atoms with Crippen molar-refractivity contribution in [3.8, 4) is 5.75 Å². The van der Waals surface area contributed by atoms with E-state index in [1.807, 2.05) is 56.3 Å². The Balaban J connectivity index is 2.13. The summed E-state index contributed by atoms with van der Waals surface area (Å²) in [6.07, 6.45) is 1.76. The molecule has 1 aromatic carbocycles. The third-order valence-electron chi connectivity index (χ3n) is 2.90. The lowest BCUT2D eigenvalue weighted by Gasteiger charge is -2.07. The van der Waals surface area contributed by atoms with Crippen molar-refractivity contribution < 1.29 is 9.53 Å². The topological polar surface area (TPSA) is 43.6 Å². The van der Waals surface area contributed by atoms with E-state index in [9.17, 15) is 4.79 Å². The van der Waals surface area contributed by atoms with Crippen molar-refractivity contribution in [1.29, 1.82) is 0 Å². The van der Waals surface area contributed by atoms with Crippen LogP contribution >= 0.6 is 11.8 Å². The first-order valence-electron chi connectivity index (χ1n) is 7.11. The average molecular weight is 316 g/mol. The van der Waals surface area contributed by atoms with Crippen molar-refractivity contribution in [2.75, 3.05) is 12.9 Å². The zero-order valence-electron chi connectivity index (χ0n) is 13.0. The van der Waals surface area contributed by atoms with Crippen molar-refractivity contribution in [3.63, 3.8) is 0 Å². The lowest BCUT2D eigenvalue weighted by atomic mass is 10.3. The minimum absolute atomic E-state index is 0.00724. The molecule has 0 unspecified atom stereocenters. The summed E-state index contributed by atoms with van der Waals surface area (Å²) in [6.45, 7) is 3.99. The molecule has 2 aromatic rings. The first kappa shape index (κ1) is 16.4. The van der Waals surface area contributed by atoms with Gasteiger partial charge in [0.15, 0.2) is 0 Å². The Morgan fingerprint density at radius 2 is 2.09 bits per heavy atom. The Kier molecular flexibility index (Phi) is 5.83. The van der Waals surface area contributed by atoms with E-state index in [1.54, 1.807) is 17.9 Å². The second kappa shape index (κ2) is 7.84. The van der Waals surface area contributed by atoms with Crippen LogP contribution in [0.25, 0.3) is 0 Å². The van der Waals surface area contributed by atoms with Crippen molar-refractivity contribution in [1.82, 2.24) is 4.57 Å². The standard InChI is InChI=1S/C17H20N2O2S/c1-13(2)18-16-9-4-5-10-19(16)17(20)12-22-15-8-6-7-14(11-15)21-3/h4-11,13H,12H2,1-3H3. The third-order valence-corrected chi connectivity index (χ3v) is 3.88. The molecule has 1 heterocycles. The molecule has 0 atom stereocenters. The third kappa shape index (κ3) is 4.49. The number of nitrogens with zero attached hydrogens (tertiary/aromatic N) is 2. The lowest BCUT2D eigenvalue weighted by Crippen LogP contribution is -2.28. The SMILES string of the molecule is COc1cccc(SCC(=O)n2ccccc2=NC(C)C)c1. The molecule has 0 spiro atoms. The van der Waals surface area contributed by atoms with E-state index in [0.717, 1.165) is 10.6 Å². The second-order valence-electron chi connectivity index (χ2n) is 5.01. The molecule has 0 aliphatic carbocycles. The van der Waals surface area contributed by atoms with E-state index in [4.69, 9.17) is 4.74 Å². The minimum Gasteiger partial charge on any atom is -0.497 e. The molecule has 0 saturated heterocycles. The number of rotatable bonds is 5. The van der Waals surface area contributed by atoms with E-state index in [2.05, 4.69) is 4.99 Å². The van der Waals surface area contributed by atoms with E-state index >= 15 is 0 Å². The molecule has 5 heteroatoms. The number of hydrogen-bond acceptors (Lipinski definition) is 4. The quantitative estimate of drug-likeness (QED) is 0.795. The summed E-state index contributed by atoms with van der Waals surface area (Å²) in [5, 5.41) is 0.